The van der Waals surface area contributed by atoms with Crippen LogP contribution in [0.1, 0.15) is 20.7 Å². The predicted molar refractivity (Wildman–Crippen MR) is 89.0 cm³/mol. The standard InChI is InChI=1S/C19H16F2N2O3/c1-22-15-9-23(19(25)12-4-2-3-5-14(12)21)10-17(15)26-16-8-11(20)6-7-13(16)18(22)24/h2-8,15,17H,9-10H2,1H3. The van der Waals surface area contributed by atoms with E-state index in [1.165, 1.54) is 46.2 Å². The Hall–Kier alpha value is -2.96. The summed E-state index contributed by atoms with van der Waals surface area (Å²) in [5.41, 5.74) is 0.264. The van der Waals surface area contributed by atoms with Gasteiger partial charge in [-0.15, -0.1) is 0 Å². The Labute approximate surface area is 148 Å². The second kappa shape index (κ2) is 6.09. The Balaban J connectivity index is 1.64. The van der Waals surface area contributed by atoms with E-state index in [1.54, 1.807) is 13.1 Å². The first-order chi connectivity index (χ1) is 12.5. The molecule has 2 heterocycles. The number of nitrogens with zero attached hydrogens (tertiary/aromatic N) is 2. The number of benzene rings is 2. The normalized spacial score (nSPS) is 21.7. The monoisotopic (exact) mass is 358 g/mol. The largest absolute Gasteiger partial charge is 0.485 e. The lowest BCUT2D eigenvalue weighted by molar-refractivity contribution is 0.0674. The van der Waals surface area contributed by atoms with Crippen LogP contribution in [0.15, 0.2) is 42.5 Å². The Morgan fingerprint density at radius 3 is 2.69 bits per heavy atom. The van der Waals surface area contributed by atoms with Gasteiger partial charge < -0.3 is 14.5 Å². The number of halogens is 2. The number of carbonyl (C=O) groups excluding carboxylic acids is 2. The third kappa shape index (κ3) is 2.60. The molecule has 2 amide bonds. The first-order valence-electron chi connectivity index (χ1n) is 8.23. The van der Waals surface area contributed by atoms with E-state index in [-0.39, 0.29) is 35.9 Å². The van der Waals surface area contributed by atoms with Gasteiger partial charge in [-0.1, -0.05) is 12.1 Å². The van der Waals surface area contributed by atoms with Crippen molar-refractivity contribution >= 4 is 11.8 Å². The molecule has 1 fully saturated rings. The molecular formula is C19H16F2N2O3. The summed E-state index contributed by atoms with van der Waals surface area (Å²) in [6, 6.07) is 9.14. The molecule has 0 radical (unpaired) electrons. The Kier molecular flexibility index (Phi) is 3.86. The van der Waals surface area contributed by atoms with Crippen LogP contribution in [0.4, 0.5) is 8.78 Å². The van der Waals surface area contributed by atoms with E-state index in [0.717, 1.165) is 0 Å². The fourth-order valence-electron chi connectivity index (χ4n) is 3.49. The molecule has 2 aromatic rings. The van der Waals surface area contributed by atoms with Crippen LogP contribution < -0.4 is 4.74 Å². The Morgan fingerprint density at radius 1 is 1.15 bits per heavy atom. The summed E-state index contributed by atoms with van der Waals surface area (Å²) < 4.78 is 33.3. The molecule has 0 N–H and O–H groups in total. The van der Waals surface area contributed by atoms with Gasteiger partial charge in [0.1, 0.15) is 23.5 Å². The zero-order chi connectivity index (χ0) is 18.4. The molecule has 0 spiro atoms. The number of amides is 2. The van der Waals surface area contributed by atoms with Crippen molar-refractivity contribution < 1.29 is 23.1 Å². The minimum Gasteiger partial charge on any atom is -0.485 e. The summed E-state index contributed by atoms with van der Waals surface area (Å²) >= 11 is 0. The minimum atomic E-state index is -0.595. The summed E-state index contributed by atoms with van der Waals surface area (Å²) in [4.78, 5) is 28.3. The second-order valence-electron chi connectivity index (χ2n) is 6.47. The van der Waals surface area contributed by atoms with Gasteiger partial charge in [0, 0.05) is 19.7 Å². The van der Waals surface area contributed by atoms with Gasteiger partial charge in [-0.05, 0) is 24.3 Å². The Morgan fingerprint density at radius 2 is 1.92 bits per heavy atom. The maximum Gasteiger partial charge on any atom is 0.257 e. The quantitative estimate of drug-likeness (QED) is 0.786. The topological polar surface area (TPSA) is 49.9 Å². The number of hydrogen-bond donors (Lipinski definition) is 0. The zero-order valence-corrected chi connectivity index (χ0v) is 14.0. The highest BCUT2D eigenvalue weighted by molar-refractivity contribution is 5.98. The molecular weight excluding hydrogens is 342 g/mol. The molecule has 1 saturated heterocycles. The van der Waals surface area contributed by atoms with Gasteiger partial charge in [0.05, 0.1) is 23.7 Å². The first-order valence-corrected chi connectivity index (χ1v) is 8.23. The fraction of sp³-hybridized carbons (Fsp3) is 0.263. The van der Waals surface area contributed by atoms with Crippen molar-refractivity contribution in [2.75, 3.05) is 20.1 Å². The molecule has 5 nitrogen and oxygen atoms in total. The average Bonchev–Trinajstić information content (AvgIpc) is 3.01. The van der Waals surface area contributed by atoms with Crippen LogP contribution in [-0.2, 0) is 0 Å². The molecule has 0 aromatic heterocycles. The van der Waals surface area contributed by atoms with Gasteiger partial charge in [0.25, 0.3) is 11.8 Å². The van der Waals surface area contributed by atoms with Crippen molar-refractivity contribution in [2.45, 2.75) is 12.1 Å². The van der Waals surface area contributed by atoms with Gasteiger partial charge in [0.2, 0.25) is 0 Å². The predicted octanol–water partition coefficient (Wildman–Crippen LogP) is 2.32. The summed E-state index contributed by atoms with van der Waals surface area (Å²) in [6.07, 6.45) is -0.511. The van der Waals surface area contributed by atoms with Crippen molar-refractivity contribution in [3.63, 3.8) is 0 Å². The lowest BCUT2D eigenvalue weighted by Crippen LogP contribution is -2.44. The number of hydrogen-bond acceptors (Lipinski definition) is 3. The average molecular weight is 358 g/mol. The molecule has 2 aliphatic rings. The molecule has 26 heavy (non-hydrogen) atoms. The highest BCUT2D eigenvalue weighted by Gasteiger charge is 2.44. The van der Waals surface area contributed by atoms with Crippen LogP contribution >= 0.6 is 0 Å². The fourth-order valence-corrected chi connectivity index (χ4v) is 3.49. The van der Waals surface area contributed by atoms with E-state index in [1.807, 2.05) is 0 Å². The van der Waals surface area contributed by atoms with Gasteiger partial charge in [0.15, 0.2) is 0 Å². The molecule has 4 rings (SSSR count). The molecule has 7 heteroatoms. The summed E-state index contributed by atoms with van der Waals surface area (Å²) in [5.74, 6) is -1.69. The molecule has 0 bridgehead atoms. The summed E-state index contributed by atoms with van der Waals surface area (Å²) in [5, 5.41) is 0. The molecule has 2 aliphatic heterocycles. The van der Waals surface area contributed by atoms with E-state index in [0.29, 0.717) is 0 Å². The van der Waals surface area contributed by atoms with Crippen molar-refractivity contribution in [2.24, 2.45) is 0 Å². The minimum absolute atomic E-state index is 0.0237. The number of rotatable bonds is 1. The van der Waals surface area contributed by atoms with E-state index in [2.05, 4.69) is 0 Å². The second-order valence-corrected chi connectivity index (χ2v) is 6.47. The van der Waals surface area contributed by atoms with Crippen LogP contribution in [0.3, 0.4) is 0 Å². The third-order valence-electron chi connectivity index (χ3n) is 4.90. The lowest BCUT2D eigenvalue weighted by atomic mass is 10.1. The van der Waals surface area contributed by atoms with E-state index in [9.17, 15) is 18.4 Å². The van der Waals surface area contributed by atoms with Crippen LogP contribution in [0.2, 0.25) is 0 Å². The van der Waals surface area contributed by atoms with Crippen molar-refractivity contribution in [3.8, 4) is 5.75 Å². The number of ether oxygens (including phenoxy) is 1. The highest BCUT2D eigenvalue weighted by atomic mass is 19.1. The number of fused-ring (bicyclic) bond motifs is 2. The number of carbonyl (C=O) groups is 2. The zero-order valence-electron chi connectivity index (χ0n) is 14.0. The van der Waals surface area contributed by atoms with Crippen LogP contribution in [0, 0.1) is 11.6 Å². The number of likely N-dealkylation sites (tertiary alicyclic amines) is 1. The maximum atomic E-state index is 13.9. The summed E-state index contributed by atoms with van der Waals surface area (Å²) in [7, 11) is 1.62. The smallest absolute Gasteiger partial charge is 0.257 e. The van der Waals surface area contributed by atoms with Gasteiger partial charge >= 0.3 is 0 Å². The molecule has 2 aromatic carbocycles. The van der Waals surface area contributed by atoms with Crippen molar-refractivity contribution in [3.05, 3.63) is 65.2 Å². The molecule has 0 saturated carbocycles. The van der Waals surface area contributed by atoms with Crippen LogP contribution in [-0.4, -0.2) is 53.9 Å². The maximum absolute atomic E-state index is 13.9. The van der Waals surface area contributed by atoms with E-state index < -0.39 is 29.7 Å². The lowest BCUT2D eigenvalue weighted by Gasteiger charge is -2.25. The summed E-state index contributed by atoms with van der Waals surface area (Å²) in [6.45, 7) is 0.405. The van der Waals surface area contributed by atoms with Gasteiger partial charge in [-0.3, -0.25) is 9.59 Å². The van der Waals surface area contributed by atoms with Crippen LogP contribution in [0.5, 0.6) is 5.75 Å². The molecule has 0 aliphatic carbocycles. The van der Waals surface area contributed by atoms with Gasteiger partial charge in [-0.2, -0.15) is 0 Å². The molecule has 2 atom stereocenters. The third-order valence-corrected chi connectivity index (χ3v) is 4.90. The van der Waals surface area contributed by atoms with Crippen LogP contribution in [0.25, 0.3) is 0 Å². The van der Waals surface area contributed by atoms with Crippen molar-refractivity contribution in [1.29, 1.82) is 0 Å². The number of likely N-dealkylation sites (N-methyl/N-ethyl adjacent to an activating group) is 1. The molecule has 134 valence electrons. The Bertz CT molecular complexity index is 902. The van der Waals surface area contributed by atoms with Crippen molar-refractivity contribution in [1.82, 2.24) is 9.80 Å². The van der Waals surface area contributed by atoms with E-state index in [4.69, 9.17) is 4.74 Å². The molecule has 2 unspecified atom stereocenters. The highest BCUT2D eigenvalue weighted by Crippen LogP contribution is 2.31. The van der Waals surface area contributed by atoms with Gasteiger partial charge in [-0.25, -0.2) is 8.78 Å². The SMILES string of the molecule is CN1C(=O)c2ccc(F)cc2OC2CN(C(=O)c3ccccc3F)CC21. The first kappa shape index (κ1) is 16.5. The van der Waals surface area contributed by atoms with E-state index >= 15 is 0 Å².